The average Bonchev–Trinajstić information content (AvgIpc) is 2.82. The summed E-state index contributed by atoms with van der Waals surface area (Å²) in [7, 11) is 0. The van der Waals surface area contributed by atoms with E-state index in [0.29, 0.717) is 13.1 Å². The quantitative estimate of drug-likeness (QED) is 0.354. The topological polar surface area (TPSA) is 98.4 Å². The highest BCUT2D eigenvalue weighted by Crippen LogP contribution is 1.97. The second-order valence-electron chi connectivity index (χ2n) is 4.07. The lowest BCUT2D eigenvalue weighted by Gasteiger charge is -2.09. The molecule has 0 bridgehead atoms. The number of pyridine rings is 1. The zero-order chi connectivity index (χ0) is 13.8. The molecule has 0 atom stereocenters. The van der Waals surface area contributed by atoms with E-state index in [-0.39, 0.29) is 17.0 Å². The Morgan fingerprint density at radius 3 is 2.79 bits per heavy atom. The number of hydrogen-bond donors (Lipinski definition) is 2. The number of nitrogens with zero attached hydrogens (tertiary/aromatic N) is 4. The average molecular weight is 261 g/mol. The summed E-state index contributed by atoms with van der Waals surface area (Å²) >= 11 is 0. The van der Waals surface area contributed by atoms with Crippen LogP contribution in [-0.2, 0) is 13.1 Å². The van der Waals surface area contributed by atoms with E-state index in [1.54, 1.807) is 18.5 Å². The lowest BCUT2D eigenvalue weighted by atomic mass is 10.2. The SMILES string of the molecule is Cc1nccn1CCn1cccc(/C(N)=N/O)c1=O. The Morgan fingerprint density at radius 2 is 2.16 bits per heavy atom. The van der Waals surface area contributed by atoms with Crippen molar-refractivity contribution in [3.05, 3.63) is 52.5 Å². The van der Waals surface area contributed by atoms with Gasteiger partial charge in [0.1, 0.15) is 5.82 Å². The van der Waals surface area contributed by atoms with Crippen molar-refractivity contribution in [1.82, 2.24) is 14.1 Å². The molecule has 0 aromatic carbocycles. The summed E-state index contributed by atoms with van der Waals surface area (Å²) in [6, 6.07) is 3.21. The van der Waals surface area contributed by atoms with Gasteiger partial charge < -0.3 is 20.1 Å². The van der Waals surface area contributed by atoms with E-state index < -0.39 is 0 Å². The molecule has 0 saturated heterocycles. The van der Waals surface area contributed by atoms with Crippen molar-refractivity contribution >= 4 is 5.84 Å². The highest BCUT2D eigenvalue weighted by Gasteiger charge is 2.07. The number of imidazole rings is 1. The third kappa shape index (κ3) is 2.65. The maximum atomic E-state index is 12.1. The fraction of sp³-hybridized carbons (Fsp3) is 0.250. The summed E-state index contributed by atoms with van der Waals surface area (Å²) in [4.78, 5) is 16.2. The number of hydrogen-bond acceptors (Lipinski definition) is 4. The van der Waals surface area contributed by atoms with E-state index in [2.05, 4.69) is 10.1 Å². The van der Waals surface area contributed by atoms with Gasteiger partial charge >= 0.3 is 0 Å². The van der Waals surface area contributed by atoms with Gasteiger partial charge in [-0.15, -0.1) is 0 Å². The normalized spacial score (nSPS) is 11.7. The lowest BCUT2D eigenvalue weighted by molar-refractivity contribution is 0.318. The summed E-state index contributed by atoms with van der Waals surface area (Å²) in [5, 5.41) is 11.5. The van der Waals surface area contributed by atoms with Gasteiger partial charge in [0, 0.05) is 31.7 Å². The van der Waals surface area contributed by atoms with Crippen LogP contribution in [0.3, 0.4) is 0 Å². The first-order valence-electron chi connectivity index (χ1n) is 5.78. The van der Waals surface area contributed by atoms with E-state index in [1.807, 2.05) is 17.7 Å². The van der Waals surface area contributed by atoms with Crippen LogP contribution in [0.4, 0.5) is 0 Å². The molecule has 0 spiro atoms. The standard InChI is InChI=1S/C12H15N5O2/c1-9-14-4-6-16(9)7-8-17-5-2-3-10(12(17)18)11(13)15-19/h2-6,19H,7-8H2,1H3,(H2,13,15). The van der Waals surface area contributed by atoms with Crippen molar-refractivity contribution in [2.24, 2.45) is 10.9 Å². The first-order chi connectivity index (χ1) is 9.13. The number of aryl methyl sites for hydroxylation is 3. The van der Waals surface area contributed by atoms with Crippen molar-refractivity contribution in [1.29, 1.82) is 0 Å². The fourth-order valence-electron chi connectivity index (χ4n) is 1.82. The van der Waals surface area contributed by atoms with Crippen LogP contribution in [0.2, 0.25) is 0 Å². The first-order valence-corrected chi connectivity index (χ1v) is 5.78. The number of rotatable bonds is 4. The van der Waals surface area contributed by atoms with Gasteiger partial charge in [-0.3, -0.25) is 4.79 Å². The third-order valence-electron chi connectivity index (χ3n) is 2.91. The van der Waals surface area contributed by atoms with Crippen LogP contribution in [0, 0.1) is 6.92 Å². The van der Waals surface area contributed by atoms with Gasteiger partial charge in [-0.25, -0.2) is 4.98 Å². The molecule has 19 heavy (non-hydrogen) atoms. The van der Waals surface area contributed by atoms with Gasteiger partial charge in [0.05, 0.1) is 5.56 Å². The Balaban J connectivity index is 2.22. The fourth-order valence-corrected chi connectivity index (χ4v) is 1.82. The van der Waals surface area contributed by atoms with Crippen LogP contribution < -0.4 is 11.3 Å². The predicted octanol–water partition coefficient (Wildman–Crippen LogP) is 0.148. The van der Waals surface area contributed by atoms with Crippen LogP contribution in [0.5, 0.6) is 0 Å². The molecule has 0 amide bonds. The molecule has 0 saturated carbocycles. The zero-order valence-electron chi connectivity index (χ0n) is 10.5. The van der Waals surface area contributed by atoms with Crippen molar-refractivity contribution in [2.45, 2.75) is 20.0 Å². The molecule has 3 N–H and O–H groups in total. The molecule has 7 heteroatoms. The Labute approximate surface area is 109 Å². The molecule has 0 aliphatic heterocycles. The summed E-state index contributed by atoms with van der Waals surface area (Å²) in [5.41, 5.74) is 5.36. The molecule has 0 fully saturated rings. The Kier molecular flexibility index (Phi) is 3.65. The minimum atomic E-state index is -0.282. The molecule has 2 rings (SSSR count). The monoisotopic (exact) mass is 261 g/mol. The smallest absolute Gasteiger partial charge is 0.261 e. The molecule has 2 aromatic rings. The Morgan fingerprint density at radius 1 is 1.42 bits per heavy atom. The third-order valence-corrected chi connectivity index (χ3v) is 2.91. The number of amidine groups is 1. The molecule has 100 valence electrons. The summed E-state index contributed by atoms with van der Waals surface area (Å²) < 4.78 is 3.47. The Bertz CT molecular complexity index is 656. The molecular formula is C12H15N5O2. The molecule has 2 aromatic heterocycles. The molecule has 7 nitrogen and oxygen atoms in total. The maximum Gasteiger partial charge on any atom is 0.261 e. The van der Waals surface area contributed by atoms with Gasteiger partial charge in [0.25, 0.3) is 5.56 Å². The van der Waals surface area contributed by atoms with Gasteiger partial charge in [0.2, 0.25) is 0 Å². The zero-order valence-corrected chi connectivity index (χ0v) is 10.5. The van der Waals surface area contributed by atoms with E-state index >= 15 is 0 Å². The molecule has 0 aliphatic rings. The Hall–Kier alpha value is -2.57. The van der Waals surface area contributed by atoms with Crippen molar-refractivity contribution in [2.75, 3.05) is 0 Å². The van der Waals surface area contributed by atoms with Crippen LogP contribution in [0.25, 0.3) is 0 Å². The summed E-state index contributed by atoms with van der Waals surface area (Å²) in [5.74, 6) is 0.707. The molecular weight excluding hydrogens is 246 g/mol. The number of nitrogens with two attached hydrogens (primary N) is 1. The summed E-state index contributed by atoms with van der Waals surface area (Å²) in [6.07, 6.45) is 5.24. The van der Waals surface area contributed by atoms with Gasteiger partial charge in [-0.05, 0) is 19.1 Å². The van der Waals surface area contributed by atoms with E-state index in [1.165, 1.54) is 10.6 Å². The highest BCUT2D eigenvalue weighted by molar-refractivity contribution is 5.96. The van der Waals surface area contributed by atoms with E-state index in [9.17, 15) is 4.79 Å². The van der Waals surface area contributed by atoms with Crippen LogP contribution >= 0.6 is 0 Å². The largest absolute Gasteiger partial charge is 0.409 e. The first kappa shape index (κ1) is 12.9. The highest BCUT2D eigenvalue weighted by atomic mass is 16.4. The molecule has 0 radical (unpaired) electrons. The van der Waals surface area contributed by atoms with Crippen molar-refractivity contribution in [3.63, 3.8) is 0 Å². The van der Waals surface area contributed by atoms with Gasteiger partial charge in [0.15, 0.2) is 5.84 Å². The van der Waals surface area contributed by atoms with Crippen molar-refractivity contribution < 1.29 is 5.21 Å². The lowest BCUT2D eigenvalue weighted by Crippen LogP contribution is -2.30. The van der Waals surface area contributed by atoms with Crippen LogP contribution in [-0.4, -0.2) is 25.2 Å². The molecule has 2 heterocycles. The molecule has 0 aliphatic carbocycles. The van der Waals surface area contributed by atoms with E-state index in [4.69, 9.17) is 10.9 Å². The van der Waals surface area contributed by atoms with E-state index in [0.717, 1.165) is 5.82 Å². The predicted molar refractivity (Wildman–Crippen MR) is 70.2 cm³/mol. The summed E-state index contributed by atoms with van der Waals surface area (Å²) in [6.45, 7) is 3.02. The van der Waals surface area contributed by atoms with Crippen molar-refractivity contribution in [3.8, 4) is 0 Å². The van der Waals surface area contributed by atoms with Gasteiger partial charge in [-0.1, -0.05) is 5.16 Å². The van der Waals surface area contributed by atoms with Crippen LogP contribution in [0.1, 0.15) is 11.4 Å². The number of oxime groups is 1. The second kappa shape index (κ2) is 5.38. The van der Waals surface area contributed by atoms with Crippen LogP contribution in [0.15, 0.2) is 40.7 Å². The second-order valence-corrected chi connectivity index (χ2v) is 4.07. The number of aromatic nitrogens is 3. The maximum absolute atomic E-state index is 12.1. The molecule has 0 unspecified atom stereocenters. The minimum Gasteiger partial charge on any atom is -0.409 e. The minimum absolute atomic E-state index is 0.182. The van der Waals surface area contributed by atoms with Gasteiger partial charge in [-0.2, -0.15) is 0 Å².